The van der Waals surface area contributed by atoms with E-state index in [2.05, 4.69) is 15.2 Å². The normalized spacial score (nSPS) is 10.6. The van der Waals surface area contributed by atoms with Crippen LogP contribution in [0.4, 0.5) is 0 Å². The second kappa shape index (κ2) is 4.99. The smallest absolute Gasteiger partial charge is 0.299 e. The molecule has 2 aromatic heterocycles. The van der Waals surface area contributed by atoms with Crippen molar-refractivity contribution in [2.24, 2.45) is 0 Å². The van der Waals surface area contributed by atoms with Crippen LogP contribution in [0.5, 0.6) is 6.01 Å². The molecule has 0 aromatic carbocycles. The molecule has 0 saturated heterocycles. The maximum absolute atomic E-state index is 11.9. The lowest BCUT2D eigenvalue weighted by Gasteiger charge is -2.08. The largest absolute Gasteiger partial charge is 0.468 e. The van der Waals surface area contributed by atoms with Gasteiger partial charge in [-0.05, 0) is 6.92 Å². The Balaban J connectivity index is 2.36. The molecule has 2 aromatic rings. The summed E-state index contributed by atoms with van der Waals surface area (Å²) in [6, 6.07) is 1.66. The van der Waals surface area contributed by atoms with Crippen molar-refractivity contribution < 1.29 is 9.15 Å². The Bertz CT molecular complexity index is 603. The van der Waals surface area contributed by atoms with Crippen molar-refractivity contribution in [3.63, 3.8) is 0 Å². The fourth-order valence-corrected chi connectivity index (χ4v) is 1.53. The van der Waals surface area contributed by atoms with E-state index in [1.807, 2.05) is 6.92 Å². The molecule has 2 heterocycles. The fraction of sp³-hybridized carbons (Fsp3) is 0.455. The van der Waals surface area contributed by atoms with Crippen LogP contribution in [0.3, 0.4) is 0 Å². The fourth-order valence-electron chi connectivity index (χ4n) is 1.53. The molecule has 96 valence electrons. The molecule has 0 radical (unpaired) electrons. The van der Waals surface area contributed by atoms with Gasteiger partial charge in [0.15, 0.2) is 0 Å². The number of aryl methyl sites for hydroxylation is 2. The zero-order valence-corrected chi connectivity index (χ0v) is 10.5. The van der Waals surface area contributed by atoms with Crippen molar-refractivity contribution in [1.29, 1.82) is 0 Å². The third kappa shape index (κ3) is 2.39. The minimum absolute atomic E-state index is 0.155. The van der Waals surface area contributed by atoms with Gasteiger partial charge in [-0.3, -0.25) is 9.36 Å². The van der Waals surface area contributed by atoms with Gasteiger partial charge in [0.2, 0.25) is 11.8 Å². The molecule has 0 unspecified atom stereocenters. The van der Waals surface area contributed by atoms with E-state index >= 15 is 0 Å². The first-order chi connectivity index (χ1) is 8.63. The van der Waals surface area contributed by atoms with E-state index in [4.69, 9.17) is 9.15 Å². The molecule has 0 aliphatic rings. The van der Waals surface area contributed by atoms with Crippen molar-refractivity contribution in [2.75, 3.05) is 7.11 Å². The van der Waals surface area contributed by atoms with Crippen LogP contribution in [0.2, 0.25) is 0 Å². The molecule has 0 aliphatic heterocycles. The molecular weight excluding hydrogens is 236 g/mol. The first kappa shape index (κ1) is 12.3. The Kier molecular flexibility index (Phi) is 3.40. The number of methoxy groups -OCH3 is 1. The Morgan fingerprint density at radius 1 is 1.39 bits per heavy atom. The summed E-state index contributed by atoms with van der Waals surface area (Å²) in [5.74, 6) is 0.898. The highest BCUT2D eigenvalue weighted by Gasteiger charge is 2.12. The minimum Gasteiger partial charge on any atom is -0.468 e. The van der Waals surface area contributed by atoms with Crippen LogP contribution in [-0.4, -0.2) is 26.9 Å². The number of rotatable bonds is 4. The lowest BCUT2D eigenvalue weighted by molar-refractivity contribution is 0.339. The SMILES string of the molecule is CCc1nnc(Cn2c(OC)nc(C)cc2=O)o1. The summed E-state index contributed by atoms with van der Waals surface area (Å²) in [5, 5.41) is 7.70. The maximum Gasteiger partial charge on any atom is 0.299 e. The second-order valence-electron chi connectivity index (χ2n) is 3.75. The number of hydrogen-bond acceptors (Lipinski definition) is 6. The molecule has 7 heteroatoms. The Labute approximate surface area is 103 Å². The average Bonchev–Trinajstić information content (AvgIpc) is 2.80. The van der Waals surface area contributed by atoms with Crippen molar-refractivity contribution in [1.82, 2.24) is 19.7 Å². The van der Waals surface area contributed by atoms with Gasteiger partial charge in [0.25, 0.3) is 11.6 Å². The number of hydrogen-bond donors (Lipinski definition) is 0. The summed E-state index contributed by atoms with van der Waals surface area (Å²) in [6.45, 7) is 3.80. The van der Waals surface area contributed by atoms with E-state index in [9.17, 15) is 4.79 Å². The van der Waals surface area contributed by atoms with Gasteiger partial charge in [-0.25, -0.2) is 4.98 Å². The van der Waals surface area contributed by atoms with E-state index in [-0.39, 0.29) is 18.1 Å². The monoisotopic (exact) mass is 250 g/mol. The predicted molar refractivity (Wildman–Crippen MR) is 62.6 cm³/mol. The van der Waals surface area contributed by atoms with Crippen LogP contribution >= 0.6 is 0 Å². The summed E-state index contributed by atoms with van der Waals surface area (Å²) in [5.41, 5.74) is 0.392. The highest BCUT2D eigenvalue weighted by atomic mass is 16.5. The molecule has 0 N–H and O–H groups in total. The number of nitrogens with zero attached hydrogens (tertiary/aromatic N) is 4. The lowest BCUT2D eigenvalue weighted by Crippen LogP contribution is -2.23. The number of aromatic nitrogens is 4. The van der Waals surface area contributed by atoms with Crippen LogP contribution in [-0.2, 0) is 13.0 Å². The predicted octanol–water partition coefficient (Wildman–Crippen LogP) is 0.554. The topological polar surface area (TPSA) is 83.0 Å². The molecule has 0 aliphatic carbocycles. The lowest BCUT2D eigenvalue weighted by atomic mass is 10.4. The third-order valence-electron chi connectivity index (χ3n) is 2.39. The van der Waals surface area contributed by atoms with Crippen LogP contribution in [0.25, 0.3) is 0 Å². The summed E-state index contributed by atoms with van der Waals surface area (Å²) < 4.78 is 11.8. The van der Waals surface area contributed by atoms with E-state index < -0.39 is 0 Å². The van der Waals surface area contributed by atoms with Crippen LogP contribution < -0.4 is 10.3 Å². The highest BCUT2D eigenvalue weighted by Crippen LogP contribution is 2.08. The van der Waals surface area contributed by atoms with E-state index in [1.54, 1.807) is 6.92 Å². The van der Waals surface area contributed by atoms with Gasteiger partial charge in [-0.2, -0.15) is 0 Å². The van der Waals surface area contributed by atoms with Crippen molar-refractivity contribution >= 4 is 0 Å². The van der Waals surface area contributed by atoms with Crippen molar-refractivity contribution in [3.8, 4) is 6.01 Å². The van der Waals surface area contributed by atoms with Crippen LogP contribution in [0.1, 0.15) is 24.4 Å². The van der Waals surface area contributed by atoms with Gasteiger partial charge in [-0.1, -0.05) is 6.92 Å². The van der Waals surface area contributed by atoms with Crippen molar-refractivity contribution in [2.45, 2.75) is 26.8 Å². The second-order valence-corrected chi connectivity index (χ2v) is 3.75. The third-order valence-corrected chi connectivity index (χ3v) is 2.39. The molecule has 0 atom stereocenters. The Morgan fingerprint density at radius 2 is 2.11 bits per heavy atom. The van der Waals surface area contributed by atoms with Crippen LogP contribution in [0, 0.1) is 6.92 Å². The van der Waals surface area contributed by atoms with E-state index in [0.29, 0.717) is 23.9 Å². The molecule has 18 heavy (non-hydrogen) atoms. The van der Waals surface area contributed by atoms with Gasteiger partial charge < -0.3 is 9.15 Å². The molecule has 0 amide bonds. The highest BCUT2D eigenvalue weighted by molar-refractivity contribution is 5.07. The minimum atomic E-state index is -0.212. The van der Waals surface area contributed by atoms with Gasteiger partial charge >= 0.3 is 0 Å². The Morgan fingerprint density at radius 3 is 2.72 bits per heavy atom. The van der Waals surface area contributed by atoms with E-state index in [0.717, 1.165) is 0 Å². The maximum atomic E-state index is 11.9. The quantitative estimate of drug-likeness (QED) is 0.788. The molecular formula is C11H14N4O3. The first-order valence-corrected chi connectivity index (χ1v) is 5.57. The van der Waals surface area contributed by atoms with E-state index in [1.165, 1.54) is 17.7 Å². The first-order valence-electron chi connectivity index (χ1n) is 5.57. The number of ether oxygens (including phenoxy) is 1. The summed E-state index contributed by atoms with van der Waals surface area (Å²) in [4.78, 5) is 16.0. The van der Waals surface area contributed by atoms with Gasteiger partial charge in [0, 0.05) is 18.2 Å². The summed E-state index contributed by atoms with van der Waals surface area (Å²) in [6.07, 6.45) is 0.658. The molecule has 0 saturated carbocycles. The van der Waals surface area contributed by atoms with Gasteiger partial charge in [-0.15, -0.1) is 10.2 Å². The molecule has 0 fully saturated rings. The molecule has 0 spiro atoms. The van der Waals surface area contributed by atoms with Crippen LogP contribution in [0.15, 0.2) is 15.3 Å². The van der Waals surface area contributed by atoms with Gasteiger partial charge in [0.05, 0.1) is 7.11 Å². The molecule has 2 rings (SSSR count). The standard InChI is InChI=1S/C11H14N4O3/c1-4-8-13-14-9(18-8)6-15-10(16)5-7(2)12-11(15)17-3/h5H,4,6H2,1-3H3. The van der Waals surface area contributed by atoms with Gasteiger partial charge in [0.1, 0.15) is 6.54 Å². The zero-order valence-electron chi connectivity index (χ0n) is 10.5. The summed E-state index contributed by atoms with van der Waals surface area (Å²) in [7, 11) is 1.46. The van der Waals surface area contributed by atoms with Crippen molar-refractivity contribution in [3.05, 3.63) is 33.9 Å². The zero-order chi connectivity index (χ0) is 13.1. The molecule has 7 nitrogen and oxygen atoms in total. The summed E-state index contributed by atoms with van der Waals surface area (Å²) >= 11 is 0. The molecule has 0 bridgehead atoms. The Hall–Kier alpha value is -2.18. The average molecular weight is 250 g/mol.